The van der Waals surface area contributed by atoms with Gasteiger partial charge in [-0.2, -0.15) is 0 Å². The van der Waals surface area contributed by atoms with Crippen molar-refractivity contribution < 1.29 is 9.21 Å². The first-order valence-corrected chi connectivity index (χ1v) is 9.83. The van der Waals surface area contributed by atoms with E-state index in [-0.39, 0.29) is 24.7 Å². The van der Waals surface area contributed by atoms with Gasteiger partial charge >= 0.3 is 6.03 Å². The van der Waals surface area contributed by atoms with Gasteiger partial charge in [0.05, 0.1) is 35.6 Å². The second-order valence-electron chi connectivity index (χ2n) is 7.01. The minimum absolute atomic E-state index is 0.107. The number of urea groups is 1. The summed E-state index contributed by atoms with van der Waals surface area (Å²) in [6.45, 7) is 2.25. The molecule has 0 atom stereocenters. The number of aromatic nitrogens is 1. The van der Waals surface area contributed by atoms with Gasteiger partial charge in [0.2, 0.25) is 0 Å². The number of carbonyl (C=O) groups is 1. The number of rotatable bonds is 5. The third-order valence-corrected chi connectivity index (χ3v) is 5.19. The predicted octanol–water partition coefficient (Wildman–Crippen LogP) is 5.32. The molecule has 0 aliphatic carbocycles. The van der Waals surface area contributed by atoms with Crippen molar-refractivity contribution in [1.29, 1.82) is 0 Å². The highest BCUT2D eigenvalue weighted by molar-refractivity contribution is 6.33. The number of carbonyl (C=O) groups excluding carboxylic acids is 1. The van der Waals surface area contributed by atoms with Crippen LogP contribution in [0, 0.1) is 6.92 Å². The Balaban J connectivity index is 1.65. The van der Waals surface area contributed by atoms with Crippen LogP contribution in [0.2, 0.25) is 5.02 Å². The minimum atomic E-state index is -0.386. The average molecular weight is 422 g/mol. The van der Waals surface area contributed by atoms with E-state index in [9.17, 15) is 9.59 Å². The molecule has 4 rings (SSSR count). The van der Waals surface area contributed by atoms with Gasteiger partial charge < -0.3 is 19.6 Å². The van der Waals surface area contributed by atoms with Gasteiger partial charge in [-0.15, -0.1) is 0 Å². The molecule has 0 radical (unpaired) electrons. The summed E-state index contributed by atoms with van der Waals surface area (Å²) < 4.78 is 5.41. The van der Waals surface area contributed by atoms with E-state index < -0.39 is 0 Å². The molecule has 0 unspecified atom stereocenters. The van der Waals surface area contributed by atoms with Crippen molar-refractivity contribution >= 4 is 34.2 Å². The summed E-state index contributed by atoms with van der Waals surface area (Å²) in [6.07, 6.45) is 1.55. The number of anilines is 1. The van der Waals surface area contributed by atoms with E-state index in [2.05, 4.69) is 10.3 Å². The van der Waals surface area contributed by atoms with Crippen molar-refractivity contribution in [1.82, 2.24) is 9.88 Å². The molecule has 0 saturated carbocycles. The van der Waals surface area contributed by atoms with E-state index in [1.807, 2.05) is 31.2 Å². The Morgan fingerprint density at radius 1 is 1.10 bits per heavy atom. The molecule has 2 aromatic heterocycles. The van der Waals surface area contributed by atoms with Crippen molar-refractivity contribution in [3.8, 4) is 0 Å². The normalized spacial score (nSPS) is 10.9. The van der Waals surface area contributed by atoms with Crippen molar-refractivity contribution in [2.45, 2.75) is 20.0 Å². The highest BCUT2D eigenvalue weighted by Gasteiger charge is 2.19. The fraction of sp³-hybridized carbons (Fsp3) is 0.130. The molecular weight excluding hydrogens is 402 g/mol. The second-order valence-corrected chi connectivity index (χ2v) is 7.42. The van der Waals surface area contributed by atoms with Gasteiger partial charge in [-0.3, -0.25) is 4.79 Å². The third kappa shape index (κ3) is 4.23. The third-order valence-electron chi connectivity index (χ3n) is 4.86. The van der Waals surface area contributed by atoms with Crippen LogP contribution in [0.25, 0.3) is 10.9 Å². The lowest BCUT2D eigenvalue weighted by molar-refractivity contribution is 0.201. The summed E-state index contributed by atoms with van der Waals surface area (Å²) in [6, 6.07) is 17.8. The van der Waals surface area contributed by atoms with Crippen molar-refractivity contribution in [2.75, 3.05) is 5.32 Å². The lowest BCUT2D eigenvalue weighted by Gasteiger charge is -2.22. The predicted molar refractivity (Wildman–Crippen MR) is 118 cm³/mol. The summed E-state index contributed by atoms with van der Waals surface area (Å²) in [4.78, 5) is 30.2. The number of furan rings is 1. The molecule has 30 heavy (non-hydrogen) atoms. The summed E-state index contributed by atoms with van der Waals surface area (Å²) in [7, 11) is 0. The van der Waals surface area contributed by atoms with E-state index >= 15 is 0 Å². The first kappa shape index (κ1) is 19.8. The number of nitrogens with one attached hydrogen (secondary N) is 2. The van der Waals surface area contributed by atoms with Gasteiger partial charge in [0.15, 0.2) is 0 Å². The molecule has 0 fully saturated rings. The Hall–Kier alpha value is -3.51. The molecule has 2 N–H and O–H groups in total. The topological polar surface area (TPSA) is 78.3 Å². The van der Waals surface area contributed by atoms with E-state index in [4.69, 9.17) is 16.0 Å². The highest BCUT2D eigenvalue weighted by atomic mass is 35.5. The number of pyridine rings is 1. The number of benzene rings is 2. The number of amides is 2. The summed E-state index contributed by atoms with van der Waals surface area (Å²) in [5.41, 5.74) is 2.53. The number of halogens is 1. The highest BCUT2D eigenvalue weighted by Crippen LogP contribution is 2.22. The van der Waals surface area contributed by atoms with Crippen LogP contribution >= 0.6 is 11.6 Å². The van der Waals surface area contributed by atoms with Crippen LogP contribution < -0.4 is 10.9 Å². The number of hydrogen-bond donors (Lipinski definition) is 2. The quantitative estimate of drug-likeness (QED) is 0.458. The van der Waals surface area contributed by atoms with Crippen molar-refractivity contribution in [3.05, 3.63) is 99.2 Å². The molecule has 2 heterocycles. The van der Waals surface area contributed by atoms with Gasteiger partial charge in [0, 0.05) is 5.56 Å². The van der Waals surface area contributed by atoms with E-state index in [1.165, 1.54) is 4.90 Å². The molecule has 6 nitrogen and oxygen atoms in total. The number of H-pyrrole nitrogens is 1. The molecule has 0 bridgehead atoms. The number of nitrogens with zero attached hydrogens (tertiary/aromatic N) is 1. The molecule has 0 aliphatic rings. The average Bonchev–Trinajstić information content (AvgIpc) is 3.24. The number of fused-ring (bicyclic) bond motifs is 1. The maximum atomic E-state index is 13.0. The Labute approximate surface area is 178 Å². The van der Waals surface area contributed by atoms with Crippen LogP contribution in [-0.2, 0) is 13.1 Å². The van der Waals surface area contributed by atoms with E-state index in [1.54, 1.807) is 42.7 Å². The molecule has 152 valence electrons. The van der Waals surface area contributed by atoms with Gasteiger partial charge in [0.25, 0.3) is 5.56 Å². The van der Waals surface area contributed by atoms with Crippen LogP contribution in [0.5, 0.6) is 0 Å². The smallest absolute Gasteiger partial charge is 0.322 e. The Morgan fingerprint density at radius 3 is 2.70 bits per heavy atom. The molecule has 7 heteroatoms. The van der Waals surface area contributed by atoms with Crippen LogP contribution in [-0.4, -0.2) is 15.9 Å². The molecule has 4 aromatic rings. The number of aryl methyl sites for hydroxylation is 1. The minimum Gasteiger partial charge on any atom is -0.467 e. The van der Waals surface area contributed by atoms with Crippen LogP contribution in [0.1, 0.15) is 16.9 Å². The molecule has 0 spiro atoms. The zero-order valence-corrected chi connectivity index (χ0v) is 17.1. The summed E-state index contributed by atoms with van der Waals surface area (Å²) in [5, 5.41) is 4.15. The fourth-order valence-electron chi connectivity index (χ4n) is 3.30. The summed E-state index contributed by atoms with van der Waals surface area (Å²) in [5.74, 6) is 0.609. The first-order chi connectivity index (χ1) is 14.5. The van der Waals surface area contributed by atoms with Crippen molar-refractivity contribution in [3.63, 3.8) is 0 Å². The monoisotopic (exact) mass is 421 g/mol. The zero-order chi connectivity index (χ0) is 21.1. The summed E-state index contributed by atoms with van der Waals surface area (Å²) >= 11 is 6.17. The van der Waals surface area contributed by atoms with Gasteiger partial charge in [0.1, 0.15) is 5.76 Å². The molecule has 0 aliphatic heterocycles. The molecular formula is C23H20ClN3O3. The Kier molecular flexibility index (Phi) is 5.59. The number of para-hydroxylation sites is 2. The molecule has 2 aromatic carbocycles. The van der Waals surface area contributed by atoms with Gasteiger partial charge in [-0.1, -0.05) is 41.9 Å². The maximum Gasteiger partial charge on any atom is 0.322 e. The van der Waals surface area contributed by atoms with E-state index in [0.29, 0.717) is 22.0 Å². The van der Waals surface area contributed by atoms with Crippen molar-refractivity contribution in [2.24, 2.45) is 0 Å². The first-order valence-electron chi connectivity index (χ1n) is 9.45. The number of aromatic amines is 1. The zero-order valence-electron chi connectivity index (χ0n) is 16.3. The fourth-order valence-corrected chi connectivity index (χ4v) is 3.48. The molecule has 0 saturated heterocycles. The lowest BCUT2D eigenvalue weighted by Crippen LogP contribution is -2.35. The largest absolute Gasteiger partial charge is 0.467 e. The molecule has 2 amide bonds. The Morgan fingerprint density at radius 2 is 1.93 bits per heavy atom. The van der Waals surface area contributed by atoms with Crippen LogP contribution in [0.4, 0.5) is 10.5 Å². The van der Waals surface area contributed by atoms with Crippen LogP contribution in [0.15, 0.2) is 76.1 Å². The van der Waals surface area contributed by atoms with Gasteiger partial charge in [-0.25, -0.2) is 4.79 Å². The Bertz CT molecular complexity index is 1250. The van der Waals surface area contributed by atoms with Gasteiger partial charge in [-0.05, 0) is 48.2 Å². The maximum absolute atomic E-state index is 13.0. The van der Waals surface area contributed by atoms with E-state index in [0.717, 1.165) is 16.5 Å². The number of hydrogen-bond acceptors (Lipinski definition) is 3. The standard InChI is InChI=1S/C23H20ClN3O3/c1-15-6-4-7-16-12-17(22(28)26-21(15)16)13-27(14-18-8-5-11-30-18)23(29)25-20-10-3-2-9-19(20)24/h2-12H,13-14H2,1H3,(H,25,29)(H,26,28). The SMILES string of the molecule is Cc1cccc2cc(CN(Cc3ccco3)C(=O)Nc3ccccc3Cl)c(=O)[nH]c12. The second kappa shape index (κ2) is 8.47. The lowest BCUT2D eigenvalue weighted by atomic mass is 10.1. The van der Waals surface area contributed by atoms with Crippen LogP contribution in [0.3, 0.4) is 0 Å².